The molecule has 0 aromatic heterocycles. The largest absolute Gasteiger partial charge is 0.394 e. The third-order valence-electron chi connectivity index (χ3n) is 2.64. The molecule has 1 aliphatic rings. The maximum Gasteiger partial charge on any atom is 0.0626 e. The molecule has 2 heteroatoms. The van der Waals surface area contributed by atoms with Gasteiger partial charge in [0.1, 0.15) is 0 Å². The summed E-state index contributed by atoms with van der Waals surface area (Å²) in [6.45, 7) is 2.26. The highest BCUT2D eigenvalue weighted by Gasteiger charge is 2.24. The van der Waals surface area contributed by atoms with Crippen LogP contribution in [0.3, 0.4) is 0 Å². The van der Waals surface area contributed by atoms with Crippen LogP contribution in [0.5, 0.6) is 0 Å². The molecule has 0 heterocycles. The van der Waals surface area contributed by atoms with Crippen LogP contribution in [0.15, 0.2) is 24.3 Å². The smallest absolute Gasteiger partial charge is 0.0626 e. The molecule has 2 rings (SSSR count). The fourth-order valence-corrected chi connectivity index (χ4v) is 1.68. The first-order valence-electron chi connectivity index (χ1n) is 5.23. The van der Waals surface area contributed by atoms with Crippen LogP contribution in [-0.2, 0) is 0 Å². The summed E-state index contributed by atoms with van der Waals surface area (Å²) in [4.78, 5) is 0. The molecule has 1 saturated carbocycles. The van der Waals surface area contributed by atoms with Gasteiger partial charge in [0.05, 0.1) is 12.6 Å². The van der Waals surface area contributed by atoms with E-state index in [-0.39, 0.29) is 12.6 Å². The average Bonchev–Trinajstić information content (AvgIpc) is 2.98. The lowest BCUT2D eigenvalue weighted by Crippen LogP contribution is -2.26. The Bertz CT molecular complexity index is 307. The van der Waals surface area contributed by atoms with Crippen molar-refractivity contribution in [1.29, 1.82) is 0 Å². The molecular weight excluding hydrogens is 174 g/mol. The molecule has 0 spiro atoms. The van der Waals surface area contributed by atoms with Crippen LogP contribution in [0.4, 0.5) is 0 Å². The summed E-state index contributed by atoms with van der Waals surface area (Å²) >= 11 is 0. The quantitative estimate of drug-likeness (QED) is 0.760. The number of hydrogen-bond acceptors (Lipinski definition) is 2. The van der Waals surface area contributed by atoms with Gasteiger partial charge in [-0.05, 0) is 25.3 Å². The van der Waals surface area contributed by atoms with Crippen LogP contribution < -0.4 is 5.32 Å². The van der Waals surface area contributed by atoms with Crippen molar-refractivity contribution in [2.24, 2.45) is 0 Å². The van der Waals surface area contributed by atoms with Crippen molar-refractivity contribution in [3.05, 3.63) is 35.4 Å². The number of nitrogens with one attached hydrogen (secondary N) is 1. The molecular formula is C12H17NO. The van der Waals surface area contributed by atoms with Crippen LogP contribution in [0.1, 0.15) is 30.0 Å². The fourth-order valence-electron chi connectivity index (χ4n) is 1.68. The molecule has 0 saturated heterocycles. The van der Waals surface area contributed by atoms with Gasteiger partial charge in [0.2, 0.25) is 0 Å². The number of rotatable bonds is 4. The van der Waals surface area contributed by atoms with E-state index >= 15 is 0 Å². The molecule has 0 amide bonds. The number of aryl methyl sites for hydroxylation is 1. The Balaban J connectivity index is 2.08. The molecule has 14 heavy (non-hydrogen) atoms. The van der Waals surface area contributed by atoms with E-state index in [2.05, 4.69) is 30.4 Å². The van der Waals surface area contributed by atoms with Crippen LogP contribution in [0, 0.1) is 6.92 Å². The number of aliphatic hydroxyl groups is 1. The summed E-state index contributed by atoms with van der Waals surface area (Å²) in [6, 6.07) is 9.08. The fraction of sp³-hybridized carbons (Fsp3) is 0.500. The van der Waals surface area contributed by atoms with E-state index in [1.807, 2.05) is 6.07 Å². The Kier molecular flexibility index (Phi) is 2.85. The van der Waals surface area contributed by atoms with Gasteiger partial charge in [-0.1, -0.05) is 29.8 Å². The first kappa shape index (κ1) is 9.69. The predicted molar refractivity (Wildman–Crippen MR) is 57.2 cm³/mol. The van der Waals surface area contributed by atoms with Crippen molar-refractivity contribution in [1.82, 2.24) is 5.32 Å². The van der Waals surface area contributed by atoms with Gasteiger partial charge < -0.3 is 10.4 Å². The summed E-state index contributed by atoms with van der Waals surface area (Å²) in [7, 11) is 0. The van der Waals surface area contributed by atoms with Gasteiger partial charge in [-0.15, -0.1) is 0 Å². The van der Waals surface area contributed by atoms with Crippen molar-refractivity contribution in [2.45, 2.75) is 31.8 Å². The Morgan fingerprint density at radius 1 is 1.50 bits per heavy atom. The molecule has 1 fully saturated rings. The lowest BCUT2D eigenvalue weighted by Gasteiger charge is -2.16. The highest BCUT2D eigenvalue weighted by molar-refractivity contribution is 5.25. The molecule has 1 aliphatic carbocycles. The van der Waals surface area contributed by atoms with E-state index < -0.39 is 0 Å². The van der Waals surface area contributed by atoms with Crippen LogP contribution >= 0.6 is 0 Å². The molecule has 76 valence electrons. The second kappa shape index (κ2) is 4.11. The minimum Gasteiger partial charge on any atom is -0.394 e. The third kappa shape index (κ3) is 2.34. The molecule has 1 aromatic carbocycles. The Hall–Kier alpha value is -0.860. The minimum atomic E-state index is 0.113. The monoisotopic (exact) mass is 191 g/mol. The van der Waals surface area contributed by atoms with E-state index in [1.54, 1.807) is 0 Å². The lowest BCUT2D eigenvalue weighted by atomic mass is 10.1. The van der Waals surface area contributed by atoms with Gasteiger partial charge in [0.15, 0.2) is 0 Å². The van der Waals surface area contributed by atoms with E-state index in [4.69, 9.17) is 0 Å². The van der Waals surface area contributed by atoms with Crippen molar-refractivity contribution in [3.8, 4) is 0 Å². The van der Waals surface area contributed by atoms with Crippen LogP contribution in [0.2, 0.25) is 0 Å². The van der Waals surface area contributed by atoms with Gasteiger partial charge in [0, 0.05) is 6.04 Å². The van der Waals surface area contributed by atoms with Gasteiger partial charge in [-0.3, -0.25) is 0 Å². The zero-order valence-electron chi connectivity index (χ0n) is 8.53. The molecule has 1 aromatic rings. The molecule has 0 bridgehead atoms. The molecule has 2 N–H and O–H groups in total. The van der Waals surface area contributed by atoms with Crippen LogP contribution in [-0.4, -0.2) is 17.8 Å². The molecule has 0 radical (unpaired) electrons. The Morgan fingerprint density at radius 2 is 2.29 bits per heavy atom. The standard InChI is InChI=1S/C12H17NO/c1-9-3-2-4-10(7-9)12(8-14)13-11-5-6-11/h2-4,7,11-14H,5-6,8H2,1H3. The number of benzene rings is 1. The molecule has 1 atom stereocenters. The first-order chi connectivity index (χ1) is 6.79. The van der Waals surface area contributed by atoms with Crippen molar-refractivity contribution < 1.29 is 5.11 Å². The van der Waals surface area contributed by atoms with E-state index in [9.17, 15) is 5.11 Å². The summed E-state index contributed by atoms with van der Waals surface area (Å²) < 4.78 is 0. The lowest BCUT2D eigenvalue weighted by molar-refractivity contribution is 0.243. The van der Waals surface area contributed by atoms with Crippen molar-refractivity contribution >= 4 is 0 Å². The summed E-state index contributed by atoms with van der Waals surface area (Å²) in [5.41, 5.74) is 2.44. The zero-order valence-corrected chi connectivity index (χ0v) is 8.53. The number of hydrogen-bond donors (Lipinski definition) is 2. The zero-order chi connectivity index (χ0) is 9.97. The molecule has 0 aliphatic heterocycles. The second-order valence-electron chi connectivity index (χ2n) is 4.09. The Labute approximate surface area is 85.0 Å². The third-order valence-corrected chi connectivity index (χ3v) is 2.64. The summed E-state index contributed by atoms with van der Waals surface area (Å²) in [5.74, 6) is 0. The molecule has 1 unspecified atom stereocenters. The van der Waals surface area contributed by atoms with Gasteiger partial charge >= 0.3 is 0 Å². The van der Waals surface area contributed by atoms with Crippen molar-refractivity contribution in [2.75, 3.05) is 6.61 Å². The Morgan fingerprint density at radius 3 is 2.86 bits per heavy atom. The van der Waals surface area contributed by atoms with E-state index in [0.717, 1.165) is 0 Å². The second-order valence-corrected chi connectivity index (χ2v) is 4.09. The topological polar surface area (TPSA) is 32.3 Å². The SMILES string of the molecule is Cc1cccc(C(CO)NC2CC2)c1. The van der Waals surface area contributed by atoms with Gasteiger partial charge in [0.25, 0.3) is 0 Å². The average molecular weight is 191 g/mol. The minimum absolute atomic E-state index is 0.113. The maximum atomic E-state index is 9.28. The highest BCUT2D eigenvalue weighted by Crippen LogP contribution is 2.24. The van der Waals surface area contributed by atoms with Gasteiger partial charge in [-0.2, -0.15) is 0 Å². The van der Waals surface area contributed by atoms with Gasteiger partial charge in [-0.25, -0.2) is 0 Å². The summed E-state index contributed by atoms with van der Waals surface area (Å²) in [5, 5.41) is 12.7. The normalized spacial score (nSPS) is 18.1. The number of aliphatic hydroxyl groups excluding tert-OH is 1. The highest BCUT2D eigenvalue weighted by atomic mass is 16.3. The summed E-state index contributed by atoms with van der Waals surface area (Å²) in [6.07, 6.45) is 2.50. The van der Waals surface area contributed by atoms with E-state index in [1.165, 1.54) is 24.0 Å². The molecule has 2 nitrogen and oxygen atoms in total. The van der Waals surface area contributed by atoms with E-state index in [0.29, 0.717) is 6.04 Å². The first-order valence-corrected chi connectivity index (χ1v) is 5.23. The maximum absolute atomic E-state index is 9.28. The predicted octanol–water partition coefficient (Wildman–Crippen LogP) is 1.78. The van der Waals surface area contributed by atoms with Crippen LogP contribution in [0.25, 0.3) is 0 Å². The van der Waals surface area contributed by atoms with Crippen molar-refractivity contribution in [3.63, 3.8) is 0 Å².